The third kappa shape index (κ3) is 5.08. The lowest BCUT2D eigenvalue weighted by Crippen LogP contribution is -2.35. The highest BCUT2D eigenvalue weighted by Gasteiger charge is 2.24. The van der Waals surface area contributed by atoms with Gasteiger partial charge in [0.25, 0.3) is 0 Å². The highest BCUT2D eigenvalue weighted by Crippen LogP contribution is 2.24. The summed E-state index contributed by atoms with van der Waals surface area (Å²) in [5, 5.41) is 7.88. The maximum atomic E-state index is 12.4. The summed E-state index contributed by atoms with van der Waals surface area (Å²) in [5.74, 6) is 0.320. The molecule has 1 saturated heterocycles. The van der Waals surface area contributed by atoms with Crippen LogP contribution in [0.2, 0.25) is 0 Å². The molecule has 0 bridgehead atoms. The summed E-state index contributed by atoms with van der Waals surface area (Å²) in [4.78, 5) is 27.2. The number of rotatable bonds is 7. The summed E-state index contributed by atoms with van der Waals surface area (Å²) in [6.45, 7) is 4.15. The standard InChI is InChI=1S/C20H25N3O2S/c1-15(24)22-18(19-8-5-11-26-19)12-20(25)21-13-16-9-10-23(14-16)17-6-3-2-4-7-17/h2-8,11,16,18H,9-10,12-14H2,1H3,(H,21,25)(H,22,24)/t16-,18+/m0/s1. The summed E-state index contributed by atoms with van der Waals surface area (Å²) >= 11 is 1.55. The van der Waals surface area contributed by atoms with Gasteiger partial charge in [0, 0.05) is 37.1 Å². The number of para-hydroxylation sites is 1. The lowest BCUT2D eigenvalue weighted by atomic mass is 10.1. The molecular formula is C20H25N3O2S. The van der Waals surface area contributed by atoms with Gasteiger partial charge in [-0.1, -0.05) is 24.3 Å². The fraction of sp³-hybridized carbons (Fsp3) is 0.400. The third-order valence-electron chi connectivity index (χ3n) is 4.65. The van der Waals surface area contributed by atoms with Crippen LogP contribution in [0.4, 0.5) is 5.69 Å². The minimum Gasteiger partial charge on any atom is -0.371 e. The Bertz CT molecular complexity index is 718. The number of benzene rings is 1. The van der Waals surface area contributed by atoms with E-state index >= 15 is 0 Å². The van der Waals surface area contributed by atoms with E-state index < -0.39 is 0 Å². The maximum Gasteiger partial charge on any atom is 0.222 e. The minimum absolute atomic E-state index is 0.0182. The molecule has 1 aromatic carbocycles. The number of anilines is 1. The largest absolute Gasteiger partial charge is 0.371 e. The second kappa shape index (κ2) is 8.85. The van der Waals surface area contributed by atoms with Gasteiger partial charge in [0.15, 0.2) is 0 Å². The summed E-state index contributed by atoms with van der Waals surface area (Å²) in [5.41, 5.74) is 1.24. The second-order valence-corrected chi connectivity index (χ2v) is 7.69. The van der Waals surface area contributed by atoms with Crippen LogP contribution in [0.3, 0.4) is 0 Å². The number of carbonyl (C=O) groups is 2. The molecule has 0 aliphatic carbocycles. The van der Waals surface area contributed by atoms with Crippen LogP contribution in [0.5, 0.6) is 0 Å². The zero-order valence-electron chi connectivity index (χ0n) is 15.0. The van der Waals surface area contributed by atoms with Crippen molar-refractivity contribution in [2.24, 2.45) is 5.92 Å². The molecule has 0 radical (unpaired) electrons. The lowest BCUT2D eigenvalue weighted by molar-refractivity contribution is -0.122. The van der Waals surface area contributed by atoms with Crippen LogP contribution >= 0.6 is 11.3 Å². The number of hydrogen-bond donors (Lipinski definition) is 2. The maximum absolute atomic E-state index is 12.4. The number of nitrogens with zero attached hydrogens (tertiary/aromatic N) is 1. The summed E-state index contributed by atoms with van der Waals surface area (Å²) < 4.78 is 0. The molecule has 138 valence electrons. The van der Waals surface area contributed by atoms with E-state index in [9.17, 15) is 9.59 Å². The highest BCUT2D eigenvalue weighted by molar-refractivity contribution is 7.10. The smallest absolute Gasteiger partial charge is 0.222 e. The molecule has 2 amide bonds. The molecule has 2 N–H and O–H groups in total. The van der Waals surface area contributed by atoms with E-state index in [0.29, 0.717) is 12.5 Å². The third-order valence-corrected chi connectivity index (χ3v) is 5.63. The lowest BCUT2D eigenvalue weighted by Gasteiger charge is -2.19. The van der Waals surface area contributed by atoms with Gasteiger partial charge in [-0.3, -0.25) is 9.59 Å². The van der Waals surface area contributed by atoms with Crippen LogP contribution in [-0.4, -0.2) is 31.4 Å². The van der Waals surface area contributed by atoms with E-state index in [1.165, 1.54) is 12.6 Å². The fourth-order valence-electron chi connectivity index (χ4n) is 3.35. The van der Waals surface area contributed by atoms with Gasteiger partial charge in [0.2, 0.25) is 11.8 Å². The molecule has 0 unspecified atom stereocenters. The molecule has 1 aliphatic rings. The molecule has 1 aromatic heterocycles. The first kappa shape index (κ1) is 18.5. The van der Waals surface area contributed by atoms with Gasteiger partial charge in [0.1, 0.15) is 0 Å². The van der Waals surface area contributed by atoms with E-state index in [2.05, 4.69) is 39.8 Å². The van der Waals surface area contributed by atoms with Crippen molar-refractivity contribution in [3.8, 4) is 0 Å². The van der Waals surface area contributed by atoms with E-state index in [4.69, 9.17) is 0 Å². The van der Waals surface area contributed by atoms with Crippen LogP contribution in [-0.2, 0) is 9.59 Å². The Morgan fingerprint density at radius 3 is 2.73 bits per heavy atom. The zero-order chi connectivity index (χ0) is 18.4. The topological polar surface area (TPSA) is 61.4 Å². The first-order chi connectivity index (χ1) is 12.6. The Kier molecular flexibility index (Phi) is 6.28. The predicted octanol–water partition coefficient (Wildman–Crippen LogP) is 2.96. The Hall–Kier alpha value is -2.34. The van der Waals surface area contributed by atoms with Crippen molar-refractivity contribution in [3.05, 3.63) is 52.7 Å². The van der Waals surface area contributed by atoms with Gasteiger partial charge in [-0.2, -0.15) is 0 Å². The minimum atomic E-state index is -0.253. The molecule has 5 nitrogen and oxygen atoms in total. The molecule has 2 atom stereocenters. The summed E-state index contributed by atoms with van der Waals surface area (Å²) in [6, 6.07) is 14.0. The Morgan fingerprint density at radius 2 is 2.04 bits per heavy atom. The average molecular weight is 372 g/mol. The van der Waals surface area contributed by atoms with Gasteiger partial charge in [0.05, 0.1) is 12.5 Å². The van der Waals surface area contributed by atoms with Gasteiger partial charge < -0.3 is 15.5 Å². The van der Waals surface area contributed by atoms with Crippen LogP contribution in [0.25, 0.3) is 0 Å². The molecule has 6 heteroatoms. The molecule has 0 spiro atoms. The van der Waals surface area contributed by atoms with Crippen molar-refractivity contribution in [3.63, 3.8) is 0 Å². The van der Waals surface area contributed by atoms with Crippen LogP contribution in [0, 0.1) is 5.92 Å². The van der Waals surface area contributed by atoms with Gasteiger partial charge in [-0.15, -0.1) is 11.3 Å². The highest BCUT2D eigenvalue weighted by atomic mass is 32.1. The molecule has 1 fully saturated rings. The van der Waals surface area contributed by atoms with Gasteiger partial charge in [-0.25, -0.2) is 0 Å². The van der Waals surface area contributed by atoms with E-state index in [-0.39, 0.29) is 24.3 Å². The van der Waals surface area contributed by atoms with Crippen LogP contribution < -0.4 is 15.5 Å². The van der Waals surface area contributed by atoms with Crippen molar-refractivity contribution in [1.29, 1.82) is 0 Å². The van der Waals surface area contributed by atoms with E-state index in [1.54, 1.807) is 11.3 Å². The Morgan fingerprint density at radius 1 is 1.23 bits per heavy atom. The number of amides is 2. The van der Waals surface area contributed by atoms with E-state index in [1.807, 2.05) is 23.6 Å². The quantitative estimate of drug-likeness (QED) is 0.787. The number of nitrogens with one attached hydrogen (secondary N) is 2. The number of carbonyl (C=O) groups excluding carboxylic acids is 2. The summed E-state index contributed by atoms with van der Waals surface area (Å²) in [7, 11) is 0. The average Bonchev–Trinajstić information content (AvgIpc) is 3.32. The van der Waals surface area contributed by atoms with Crippen LogP contribution in [0.1, 0.15) is 30.7 Å². The number of hydrogen-bond acceptors (Lipinski definition) is 4. The summed E-state index contributed by atoms with van der Waals surface area (Å²) in [6.07, 6.45) is 1.35. The normalized spacial score (nSPS) is 17.7. The number of thiophene rings is 1. The van der Waals surface area contributed by atoms with Crippen LogP contribution in [0.15, 0.2) is 47.8 Å². The zero-order valence-corrected chi connectivity index (χ0v) is 15.8. The van der Waals surface area contributed by atoms with Crippen molar-refractivity contribution in [2.45, 2.75) is 25.8 Å². The Balaban J connectivity index is 1.47. The van der Waals surface area contributed by atoms with Crippen molar-refractivity contribution in [2.75, 3.05) is 24.5 Å². The molecule has 26 heavy (non-hydrogen) atoms. The monoisotopic (exact) mass is 371 g/mol. The molecule has 1 aliphatic heterocycles. The SMILES string of the molecule is CC(=O)N[C@H](CC(=O)NC[C@@H]1CCN(c2ccccc2)C1)c1cccs1. The van der Waals surface area contributed by atoms with E-state index in [0.717, 1.165) is 24.4 Å². The molecule has 2 heterocycles. The van der Waals surface area contributed by atoms with Gasteiger partial charge >= 0.3 is 0 Å². The van der Waals surface area contributed by atoms with Crippen molar-refractivity contribution < 1.29 is 9.59 Å². The van der Waals surface area contributed by atoms with Crippen molar-refractivity contribution >= 4 is 28.8 Å². The van der Waals surface area contributed by atoms with Gasteiger partial charge in [-0.05, 0) is 35.9 Å². The first-order valence-corrected chi connectivity index (χ1v) is 9.87. The molecule has 3 rings (SSSR count). The Labute approximate surface area is 158 Å². The molecule has 2 aromatic rings. The predicted molar refractivity (Wildman–Crippen MR) is 105 cm³/mol. The van der Waals surface area contributed by atoms with Crippen molar-refractivity contribution in [1.82, 2.24) is 10.6 Å². The first-order valence-electron chi connectivity index (χ1n) is 8.99. The molecule has 0 saturated carbocycles. The molecular weight excluding hydrogens is 346 g/mol. The fourth-order valence-corrected chi connectivity index (χ4v) is 4.12. The second-order valence-electron chi connectivity index (χ2n) is 6.71.